The third kappa shape index (κ3) is 6.69. The Hall–Kier alpha value is -0.730. The van der Waals surface area contributed by atoms with E-state index in [1.54, 1.807) is 36.1 Å². The lowest BCUT2D eigenvalue weighted by atomic mass is 9.80. The highest BCUT2D eigenvalue weighted by Crippen LogP contribution is 2.40. The van der Waals surface area contributed by atoms with Gasteiger partial charge in [0.1, 0.15) is 0 Å². The van der Waals surface area contributed by atoms with E-state index < -0.39 is 0 Å². The van der Waals surface area contributed by atoms with Crippen molar-refractivity contribution < 1.29 is 0 Å². The van der Waals surface area contributed by atoms with Gasteiger partial charge in [0.25, 0.3) is 0 Å². The SMILES string of the molecule is Bc1cc2c(CCC(CC)CCCC)c3sc(BC)cc3c(CCC(CC)CCCC)c2s1. The first-order valence-corrected chi connectivity index (χ1v) is 15.6. The number of hydrogen-bond donors (Lipinski definition) is 0. The Kier molecular flexibility index (Phi) is 10.9. The summed E-state index contributed by atoms with van der Waals surface area (Å²) in [5.41, 5.74) is 3.34. The Labute approximate surface area is 213 Å². The highest BCUT2D eigenvalue weighted by atomic mass is 32.1. The summed E-state index contributed by atoms with van der Waals surface area (Å²) in [5.74, 6) is 1.76. The number of fused-ring (bicyclic) bond motifs is 2. The molecule has 0 bridgehead atoms. The van der Waals surface area contributed by atoms with Crippen LogP contribution in [0.25, 0.3) is 20.2 Å². The van der Waals surface area contributed by atoms with Gasteiger partial charge in [-0.05, 0) is 81.1 Å². The van der Waals surface area contributed by atoms with Crippen LogP contribution >= 0.6 is 22.7 Å². The second-order valence-corrected chi connectivity index (χ2v) is 12.7. The maximum atomic E-state index is 2.56. The van der Waals surface area contributed by atoms with Crippen molar-refractivity contribution in [2.45, 2.75) is 112 Å². The molecule has 0 aliphatic rings. The number of hydrogen-bond acceptors (Lipinski definition) is 2. The lowest BCUT2D eigenvalue weighted by molar-refractivity contribution is 0.422. The van der Waals surface area contributed by atoms with E-state index in [4.69, 9.17) is 0 Å². The zero-order valence-corrected chi connectivity index (χ0v) is 24.0. The molecule has 0 fully saturated rings. The molecule has 2 aromatic heterocycles. The molecule has 2 unspecified atom stereocenters. The van der Waals surface area contributed by atoms with Crippen LogP contribution in [-0.2, 0) is 12.8 Å². The summed E-state index contributed by atoms with van der Waals surface area (Å²) in [7, 11) is 3.48. The molecule has 0 radical (unpaired) electrons. The summed E-state index contributed by atoms with van der Waals surface area (Å²) < 4.78 is 6.29. The van der Waals surface area contributed by atoms with Crippen LogP contribution in [0.15, 0.2) is 12.1 Å². The van der Waals surface area contributed by atoms with Gasteiger partial charge >= 0.3 is 0 Å². The average molecular weight is 480 g/mol. The minimum Gasteiger partial charge on any atom is -0.151 e. The van der Waals surface area contributed by atoms with Crippen LogP contribution in [0.3, 0.4) is 0 Å². The molecule has 33 heavy (non-hydrogen) atoms. The second kappa shape index (κ2) is 13.4. The zero-order chi connectivity index (χ0) is 23.8. The van der Waals surface area contributed by atoms with Gasteiger partial charge in [-0.2, -0.15) is 22.7 Å². The molecule has 1 aromatic carbocycles. The number of unbranched alkanes of at least 4 members (excludes halogenated alkanes) is 2. The van der Waals surface area contributed by atoms with Gasteiger partial charge in [0.2, 0.25) is 0 Å². The monoisotopic (exact) mass is 480 g/mol. The van der Waals surface area contributed by atoms with Crippen LogP contribution in [0.2, 0.25) is 6.82 Å². The molecule has 0 amide bonds. The van der Waals surface area contributed by atoms with E-state index in [-0.39, 0.29) is 0 Å². The van der Waals surface area contributed by atoms with Crippen molar-refractivity contribution in [3.8, 4) is 0 Å². The fraction of sp³-hybridized carbons (Fsp3) is 0.655. The van der Waals surface area contributed by atoms with E-state index in [1.807, 2.05) is 0 Å². The molecule has 0 nitrogen and oxygen atoms in total. The molecule has 180 valence electrons. The molecule has 0 N–H and O–H groups in total. The first kappa shape index (κ1) is 26.9. The fourth-order valence-electron chi connectivity index (χ4n) is 5.56. The molecule has 0 spiro atoms. The van der Waals surface area contributed by atoms with Crippen LogP contribution in [0.5, 0.6) is 0 Å². The summed E-state index contributed by atoms with van der Waals surface area (Å²) in [5, 5.41) is 3.20. The first-order chi connectivity index (χ1) is 16.1. The Morgan fingerprint density at radius 2 is 1.27 bits per heavy atom. The van der Waals surface area contributed by atoms with Crippen molar-refractivity contribution >= 4 is 67.5 Å². The van der Waals surface area contributed by atoms with Gasteiger partial charge in [0.05, 0.1) is 0 Å². The molecule has 0 saturated heterocycles. The predicted octanol–water partition coefficient (Wildman–Crippen LogP) is 7.78. The summed E-state index contributed by atoms with van der Waals surface area (Å²) in [6.45, 7) is 11.8. The van der Waals surface area contributed by atoms with E-state index in [1.165, 1.54) is 81.8 Å². The normalized spacial score (nSPS) is 13.7. The summed E-state index contributed by atoms with van der Waals surface area (Å²) >= 11 is 4.16. The van der Waals surface area contributed by atoms with E-state index in [0.29, 0.717) is 0 Å². The summed E-state index contributed by atoms with van der Waals surface area (Å²) in [6.07, 6.45) is 16.1. The number of aryl methyl sites for hydroxylation is 2. The molecular formula is C29H46B2S2. The smallest absolute Gasteiger partial charge is 0.151 e. The molecule has 2 heterocycles. The highest BCUT2D eigenvalue weighted by Gasteiger charge is 2.20. The van der Waals surface area contributed by atoms with Gasteiger partial charge in [-0.15, -0.1) is 0 Å². The molecule has 0 aliphatic heterocycles. The topological polar surface area (TPSA) is 0 Å². The fourth-order valence-corrected chi connectivity index (χ4v) is 7.89. The summed E-state index contributed by atoms with van der Waals surface area (Å²) in [4.78, 5) is 0. The van der Waals surface area contributed by atoms with Crippen molar-refractivity contribution in [2.75, 3.05) is 0 Å². The first-order valence-electron chi connectivity index (χ1n) is 14.0. The quantitative estimate of drug-likeness (QED) is 0.195. The predicted molar refractivity (Wildman–Crippen MR) is 161 cm³/mol. The lowest BCUT2D eigenvalue weighted by Crippen LogP contribution is -2.03. The molecule has 2 atom stereocenters. The van der Waals surface area contributed by atoms with Gasteiger partial charge in [-0.25, -0.2) is 0 Å². The highest BCUT2D eigenvalue weighted by molar-refractivity contribution is 7.28. The Morgan fingerprint density at radius 1 is 0.758 bits per heavy atom. The van der Waals surface area contributed by atoms with Gasteiger partial charge in [0, 0.05) is 9.40 Å². The van der Waals surface area contributed by atoms with E-state index >= 15 is 0 Å². The van der Waals surface area contributed by atoms with Crippen LogP contribution in [0, 0.1) is 11.8 Å². The van der Waals surface area contributed by atoms with Gasteiger partial charge in [-0.1, -0.05) is 85.9 Å². The lowest BCUT2D eigenvalue weighted by Gasteiger charge is -2.18. The van der Waals surface area contributed by atoms with Crippen molar-refractivity contribution in [1.82, 2.24) is 0 Å². The van der Waals surface area contributed by atoms with E-state index in [0.717, 1.165) is 19.1 Å². The van der Waals surface area contributed by atoms with E-state index in [2.05, 4.69) is 77.2 Å². The molecule has 3 rings (SSSR count). The van der Waals surface area contributed by atoms with Gasteiger partial charge in [-0.3, -0.25) is 0 Å². The number of benzene rings is 1. The Morgan fingerprint density at radius 3 is 1.76 bits per heavy atom. The van der Waals surface area contributed by atoms with Gasteiger partial charge < -0.3 is 0 Å². The van der Waals surface area contributed by atoms with Crippen molar-refractivity contribution in [2.24, 2.45) is 11.8 Å². The standard InChI is InChI=1S/C29H46B2S2/c1-6-10-12-20(8-3)14-16-22-24-18-26(30)32-28(24)23(17-15-21(9-4)13-11-7-2)25-19-27(31-5)33-29(22)25/h18-21,31H,6-17,30H2,1-5H3. The Balaban J connectivity index is 2.00. The average Bonchev–Trinajstić information content (AvgIpc) is 3.43. The maximum Gasteiger partial charge on any atom is 0.167 e. The third-order valence-electron chi connectivity index (χ3n) is 7.88. The largest absolute Gasteiger partial charge is 0.167 e. The second-order valence-electron chi connectivity index (χ2n) is 10.3. The van der Waals surface area contributed by atoms with Crippen molar-refractivity contribution in [3.05, 3.63) is 23.3 Å². The van der Waals surface area contributed by atoms with Crippen LogP contribution < -0.4 is 9.55 Å². The molecular weight excluding hydrogens is 434 g/mol. The zero-order valence-electron chi connectivity index (χ0n) is 22.3. The minimum absolute atomic E-state index is 0.879. The van der Waals surface area contributed by atoms with Crippen LogP contribution in [0.4, 0.5) is 0 Å². The molecule has 3 aromatic rings. The number of rotatable bonds is 15. The van der Waals surface area contributed by atoms with E-state index in [9.17, 15) is 0 Å². The van der Waals surface area contributed by atoms with Gasteiger partial charge in [0.15, 0.2) is 15.1 Å². The Bertz CT molecular complexity index is 925. The molecule has 0 aliphatic carbocycles. The minimum atomic E-state index is 0.879. The number of thiophene rings is 2. The third-order valence-corrected chi connectivity index (χ3v) is 10.3. The molecule has 0 saturated carbocycles. The van der Waals surface area contributed by atoms with Crippen LogP contribution in [-0.4, -0.2) is 15.1 Å². The molecule has 4 heteroatoms. The maximum absolute atomic E-state index is 2.56. The summed E-state index contributed by atoms with van der Waals surface area (Å²) in [6, 6.07) is 5.08. The van der Waals surface area contributed by atoms with Crippen molar-refractivity contribution in [1.29, 1.82) is 0 Å². The van der Waals surface area contributed by atoms with Crippen molar-refractivity contribution in [3.63, 3.8) is 0 Å². The van der Waals surface area contributed by atoms with Crippen LogP contribution in [0.1, 0.15) is 103 Å².